The van der Waals surface area contributed by atoms with E-state index in [1.165, 1.54) is 11.8 Å². The predicted octanol–water partition coefficient (Wildman–Crippen LogP) is 5.01. The second kappa shape index (κ2) is 12.8. The maximum absolute atomic E-state index is 13.9. The molecule has 1 N–H and O–H groups in total. The lowest BCUT2D eigenvalue weighted by atomic mass is 9.99. The van der Waals surface area contributed by atoms with E-state index >= 15 is 0 Å². The lowest BCUT2D eigenvalue weighted by molar-refractivity contribution is -0.122. The molecule has 0 bridgehead atoms. The molecule has 1 atom stereocenters. The molecule has 0 spiro atoms. The Balaban J connectivity index is 1.76. The fourth-order valence-corrected chi connectivity index (χ4v) is 6.51. The Kier molecular flexibility index (Phi) is 8.99. The van der Waals surface area contributed by atoms with Gasteiger partial charge in [0.2, 0.25) is 11.8 Å². The van der Waals surface area contributed by atoms with Gasteiger partial charge in [0.05, 0.1) is 29.5 Å². The van der Waals surface area contributed by atoms with Gasteiger partial charge in [0.1, 0.15) is 18.1 Å². The number of aromatic nitrogens is 2. The van der Waals surface area contributed by atoms with Crippen LogP contribution >= 0.6 is 11.8 Å². The SMILES string of the molecule is COc1ccccc1[C@H]1SCC(=O)N(CC(=O)NCCN(C)C)c2c1c(-c1ccccc1)nn2-c1ccc(C)cc1C. The molecule has 1 aromatic heterocycles. The van der Waals surface area contributed by atoms with Crippen LogP contribution in [0.15, 0.2) is 72.8 Å². The van der Waals surface area contributed by atoms with Crippen LogP contribution in [0, 0.1) is 13.8 Å². The second-order valence-electron chi connectivity index (χ2n) is 10.7. The molecule has 42 heavy (non-hydrogen) atoms. The van der Waals surface area contributed by atoms with Gasteiger partial charge in [-0.1, -0.05) is 66.2 Å². The van der Waals surface area contributed by atoms with Crippen molar-refractivity contribution in [2.75, 3.05) is 51.5 Å². The number of methoxy groups -OCH3 is 1. The van der Waals surface area contributed by atoms with Gasteiger partial charge in [0, 0.05) is 29.8 Å². The van der Waals surface area contributed by atoms with Gasteiger partial charge in [-0.05, 0) is 45.6 Å². The van der Waals surface area contributed by atoms with Crippen LogP contribution in [-0.4, -0.2) is 73.1 Å². The average Bonchev–Trinajstić information content (AvgIpc) is 3.29. The van der Waals surface area contributed by atoms with Crippen molar-refractivity contribution >= 4 is 29.4 Å². The lowest BCUT2D eigenvalue weighted by Crippen LogP contribution is -2.43. The number of fused-ring (bicyclic) bond motifs is 1. The van der Waals surface area contributed by atoms with Crippen LogP contribution in [0.25, 0.3) is 16.9 Å². The molecule has 2 heterocycles. The van der Waals surface area contributed by atoms with E-state index in [4.69, 9.17) is 9.84 Å². The minimum Gasteiger partial charge on any atom is -0.496 e. The molecule has 218 valence electrons. The van der Waals surface area contributed by atoms with E-state index in [2.05, 4.69) is 18.3 Å². The molecule has 1 aliphatic heterocycles. The molecule has 9 heteroatoms. The summed E-state index contributed by atoms with van der Waals surface area (Å²) in [6.45, 7) is 5.18. The van der Waals surface area contributed by atoms with E-state index in [0.717, 1.165) is 44.9 Å². The zero-order valence-electron chi connectivity index (χ0n) is 24.8. The standard InChI is InChI=1S/C33H37N5O3S/c1-22-15-16-26(23(2)19-22)38-33-30(31(35-38)24-11-7-6-8-12-24)32(25-13-9-10-14-27(25)41-5)42-21-29(40)37(33)20-28(39)34-17-18-36(3)4/h6-16,19,32H,17-18,20-21H2,1-5H3,(H,34,39)/t32-/m1/s1. The molecule has 0 saturated heterocycles. The van der Waals surface area contributed by atoms with Crippen LogP contribution in [0.1, 0.15) is 27.5 Å². The number of likely N-dealkylation sites (N-methyl/N-ethyl adjacent to an activating group) is 1. The number of benzene rings is 3. The monoisotopic (exact) mass is 583 g/mol. The normalized spacial score (nSPS) is 15.0. The number of carbonyl (C=O) groups excluding carboxylic acids is 2. The number of ether oxygens (including phenoxy) is 1. The van der Waals surface area contributed by atoms with Gasteiger partial charge in [-0.15, -0.1) is 11.8 Å². The van der Waals surface area contributed by atoms with Crippen LogP contribution in [-0.2, 0) is 9.59 Å². The van der Waals surface area contributed by atoms with Crippen molar-refractivity contribution in [3.05, 3.63) is 95.1 Å². The Bertz CT molecular complexity index is 1580. The molecule has 0 fully saturated rings. The van der Waals surface area contributed by atoms with E-state index in [-0.39, 0.29) is 29.4 Å². The van der Waals surface area contributed by atoms with Gasteiger partial charge in [-0.3, -0.25) is 14.5 Å². The summed E-state index contributed by atoms with van der Waals surface area (Å²) in [4.78, 5) is 30.8. The summed E-state index contributed by atoms with van der Waals surface area (Å²) in [5, 5.41) is 7.92. The highest BCUT2D eigenvalue weighted by molar-refractivity contribution is 8.00. The number of hydrogen-bond donors (Lipinski definition) is 1. The molecule has 8 nitrogen and oxygen atoms in total. The molecular formula is C33H37N5O3S. The van der Waals surface area contributed by atoms with E-state index in [1.54, 1.807) is 12.0 Å². The smallest absolute Gasteiger partial charge is 0.240 e. The molecule has 0 unspecified atom stereocenters. The molecule has 0 saturated carbocycles. The van der Waals surface area contributed by atoms with Crippen molar-refractivity contribution in [2.45, 2.75) is 19.1 Å². The summed E-state index contributed by atoms with van der Waals surface area (Å²) in [5.41, 5.74) is 6.54. The topological polar surface area (TPSA) is 79.7 Å². The van der Waals surface area contributed by atoms with Crippen LogP contribution in [0.2, 0.25) is 0 Å². The number of thioether (sulfide) groups is 1. The fourth-order valence-electron chi connectivity index (χ4n) is 5.29. The molecule has 0 aliphatic carbocycles. The average molecular weight is 584 g/mol. The third-order valence-corrected chi connectivity index (χ3v) is 8.56. The predicted molar refractivity (Wildman–Crippen MR) is 170 cm³/mol. The summed E-state index contributed by atoms with van der Waals surface area (Å²) >= 11 is 1.53. The van der Waals surface area contributed by atoms with E-state index in [0.29, 0.717) is 18.9 Å². The minimum absolute atomic E-state index is 0.108. The Morgan fingerprint density at radius 1 is 1.07 bits per heavy atom. The minimum atomic E-state index is -0.267. The zero-order valence-corrected chi connectivity index (χ0v) is 25.6. The van der Waals surface area contributed by atoms with Gasteiger partial charge in [0.15, 0.2) is 0 Å². The zero-order chi connectivity index (χ0) is 29.8. The van der Waals surface area contributed by atoms with Crippen LogP contribution in [0.5, 0.6) is 5.75 Å². The van der Waals surface area contributed by atoms with Gasteiger partial charge in [0.25, 0.3) is 0 Å². The summed E-state index contributed by atoms with van der Waals surface area (Å²) in [5.74, 6) is 1.18. The molecule has 4 aromatic rings. The highest BCUT2D eigenvalue weighted by Crippen LogP contribution is 2.50. The quantitative estimate of drug-likeness (QED) is 0.298. The number of amides is 2. The van der Waals surface area contributed by atoms with Gasteiger partial charge in [-0.2, -0.15) is 5.10 Å². The summed E-state index contributed by atoms with van der Waals surface area (Å²) in [7, 11) is 5.58. The number of nitrogens with one attached hydrogen (secondary N) is 1. The van der Waals surface area contributed by atoms with E-state index in [9.17, 15) is 9.59 Å². The highest BCUT2D eigenvalue weighted by Gasteiger charge is 2.38. The van der Waals surface area contributed by atoms with Crippen molar-refractivity contribution in [1.82, 2.24) is 20.0 Å². The number of para-hydroxylation sites is 1. The Morgan fingerprint density at radius 3 is 2.52 bits per heavy atom. The Hall–Kier alpha value is -4.08. The number of aryl methyl sites for hydroxylation is 2. The van der Waals surface area contributed by atoms with Crippen LogP contribution < -0.4 is 15.0 Å². The largest absolute Gasteiger partial charge is 0.496 e. The maximum Gasteiger partial charge on any atom is 0.240 e. The second-order valence-corrected chi connectivity index (χ2v) is 11.8. The fraction of sp³-hybridized carbons (Fsp3) is 0.303. The first kappa shape index (κ1) is 29.4. The van der Waals surface area contributed by atoms with Gasteiger partial charge in [-0.25, -0.2) is 4.68 Å². The number of hydrogen-bond acceptors (Lipinski definition) is 6. The summed E-state index contributed by atoms with van der Waals surface area (Å²) in [6, 6.07) is 24.1. The van der Waals surface area contributed by atoms with E-state index < -0.39 is 0 Å². The first-order valence-corrected chi connectivity index (χ1v) is 15.1. The highest BCUT2D eigenvalue weighted by atomic mass is 32.2. The summed E-state index contributed by atoms with van der Waals surface area (Å²) in [6.07, 6.45) is 0. The third-order valence-electron chi connectivity index (χ3n) is 7.32. The molecular weight excluding hydrogens is 546 g/mol. The number of anilines is 1. The first-order chi connectivity index (χ1) is 20.3. The number of rotatable bonds is 9. The van der Waals surface area contributed by atoms with Crippen molar-refractivity contribution in [3.8, 4) is 22.7 Å². The maximum atomic E-state index is 13.9. The van der Waals surface area contributed by atoms with Crippen molar-refractivity contribution < 1.29 is 14.3 Å². The van der Waals surface area contributed by atoms with Crippen molar-refractivity contribution in [3.63, 3.8) is 0 Å². The van der Waals surface area contributed by atoms with Crippen LogP contribution in [0.4, 0.5) is 5.82 Å². The van der Waals surface area contributed by atoms with Gasteiger partial charge >= 0.3 is 0 Å². The van der Waals surface area contributed by atoms with Crippen LogP contribution in [0.3, 0.4) is 0 Å². The number of carbonyl (C=O) groups is 2. The van der Waals surface area contributed by atoms with Crippen molar-refractivity contribution in [2.24, 2.45) is 0 Å². The Labute approximate surface area is 251 Å². The number of nitrogens with zero attached hydrogens (tertiary/aromatic N) is 4. The molecule has 3 aromatic carbocycles. The molecule has 0 radical (unpaired) electrons. The molecule has 5 rings (SSSR count). The Morgan fingerprint density at radius 2 is 1.81 bits per heavy atom. The third kappa shape index (κ3) is 6.07. The first-order valence-electron chi connectivity index (χ1n) is 14.0. The summed E-state index contributed by atoms with van der Waals surface area (Å²) < 4.78 is 7.65. The lowest BCUT2D eigenvalue weighted by Gasteiger charge is -2.24. The van der Waals surface area contributed by atoms with Crippen molar-refractivity contribution in [1.29, 1.82) is 0 Å². The molecule has 1 aliphatic rings. The van der Waals surface area contributed by atoms with E-state index in [1.807, 2.05) is 97.3 Å². The molecule has 2 amide bonds. The van der Waals surface area contributed by atoms with Gasteiger partial charge < -0.3 is 15.0 Å².